The molecular formula is C16H15F2NO2. The summed E-state index contributed by atoms with van der Waals surface area (Å²) in [5.74, 6) is -0.590. The van der Waals surface area contributed by atoms with Crippen molar-refractivity contribution in [3.05, 3.63) is 65.7 Å². The van der Waals surface area contributed by atoms with E-state index in [1.165, 1.54) is 18.2 Å². The van der Waals surface area contributed by atoms with Gasteiger partial charge in [-0.15, -0.1) is 0 Å². The molecule has 0 fully saturated rings. The zero-order valence-corrected chi connectivity index (χ0v) is 11.4. The highest BCUT2D eigenvalue weighted by Crippen LogP contribution is 2.21. The maximum atomic E-state index is 12.3. The van der Waals surface area contributed by atoms with Gasteiger partial charge in [-0.1, -0.05) is 42.5 Å². The normalized spacial score (nSPS) is 12.0. The van der Waals surface area contributed by atoms with Crippen LogP contribution in [0.25, 0.3) is 0 Å². The summed E-state index contributed by atoms with van der Waals surface area (Å²) < 4.78 is 29.0. The van der Waals surface area contributed by atoms with Crippen LogP contribution in [0.3, 0.4) is 0 Å². The van der Waals surface area contributed by atoms with E-state index in [1.54, 1.807) is 6.07 Å². The van der Waals surface area contributed by atoms with Crippen LogP contribution < -0.4 is 10.1 Å². The molecule has 0 saturated carbocycles. The Morgan fingerprint density at radius 2 is 1.67 bits per heavy atom. The maximum Gasteiger partial charge on any atom is 0.387 e. The minimum Gasteiger partial charge on any atom is -0.434 e. The molecule has 0 aromatic heterocycles. The van der Waals surface area contributed by atoms with Gasteiger partial charge in [0, 0.05) is 0 Å². The number of hydrogen-bond donors (Lipinski definition) is 1. The van der Waals surface area contributed by atoms with Gasteiger partial charge in [0.25, 0.3) is 5.91 Å². The van der Waals surface area contributed by atoms with E-state index < -0.39 is 12.5 Å². The van der Waals surface area contributed by atoms with Crippen LogP contribution in [-0.2, 0) is 0 Å². The molecule has 0 bridgehead atoms. The average molecular weight is 291 g/mol. The van der Waals surface area contributed by atoms with Gasteiger partial charge < -0.3 is 10.1 Å². The van der Waals surface area contributed by atoms with Crippen molar-refractivity contribution in [2.75, 3.05) is 0 Å². The van der Waals surface area contributed by atoms with Crippen LogP contribution in [0.1, 0.15) is 28.9 Å². The number of rotatable bonds is 5. The van der Waals surface area contributed by atoms with Gasteiger partial charge in [0.2, 0.25) is 0 Å². The molecule has 0 aliphatic heterocycles. The number of carbonyl (C=O) groups is 1. The Hall–Kier alpha value is -2.43. The van der Waals surface area contributed by atoms with Gasteiger partial charge in [-0.2, -0.15) is 8.78 Å². The van der Waals surface area contributed by atoms with Gasteiger partial charge in [0.05, 0.1) is 11.6 Å². The molecule has 3 nitrogen and oxygen atoms in total. The first-order valence-corrected chi connectivity index (χ1v) is 6.47. The van der Waals surface area contributed by atoms with Crippen molar-refractivity contribution in [2.24, 2.45) is 0 Å². The van der Waals surface area contributed by atoms with Crippen molar-refractivity contribution >= 4 is 5.91 Å². The number of para-hydroxylation sites is 1. The van der Waals surface area contributed by atoms with Gasteiger partial charge in [-0.3, -0.25) is 4.79 Å². The predicted molar refractivity (Wildman–Crippen MR) is 75.4 cm³/mol. The second kappa shape index (κ2) is 6.83. The van der Waals surface area contributed by atoms with E-state index in [4.69, 9.17) is 0 Å². The Morgan fingerprint density at radius 3 is 2.33 bits per heavy atom. The Kier molecular flexibility index (Phi) is 4.87. The van der Waals surface area contributed by atoms with E-state index in [0.717, 1.165) is 5.56 Å². The van der Waals surface area contributed by atoms with Crippen LogP contribution in [0.4, 0.5) is 8.78 Å². The van der Waals surface area contributed by atoms with Crippen LogP contribution in [0.5, 0.6) is 5.75 Å². The predicted octanol–water partition coefficient (Wildman–Crippen LogP) is 3.78. The number of carbonyl (C=O) groups excluding carboxylic acids is 1. The molecule has 0 aliphatic rings. The van der Waals surface area contributed by atoms with E-state index in [9.17, 15) is 13.6 Å². The van der Waals surface area contributed by atoms with Crippen molar-refractivity contribution in [3.8, 4) is 5.75 Å². The van der Waals surface area contributed by atoms with Gasteiger partial charge in [-0.05, 0) is 24.6 Å². The van der Waals surface area contributed by atoms with Crippen LogP contribution >= 0.6 is 0 Å². The molecular weight excluding hydrogens is 276 g/mol. The molecule has 0 aliphatic carbocycles. The van der Waals surface area contributed by atoms with Crippen LogP contribution in [0.15, 0.2) is 54.6 Å². The lowest BCUT2D eigenvalue weighted by molar-refractivity contribution is -0.0501. The molecule has 1 amide bonds. The molecule has 2 aromatic rings. The molecule has 1 N–H and O–H groups in total. The van der Waals surface area contributed by atoms with E-state index in [1.807, 2.05) is 37.3 Å². The third-order valence-electron chi connectivity index (χ3n) is 2.99. The minimum absolute atomic E-state index is 0.0839. The van der Waals surface area contributed by atoms with Gasteiger partial charge in [0.1, 0.15) is 5.75 Å². The van der Waals surface area contributed by atoms with Gasteiger partial charge in [-0.25, -0.2) is 0 Å². The Bertz CT molecular complexity index is 602. The highest BCUT2D eigenvalue weighted by atomic mass is 19.3. The van der Waals surface area contributed by atoms with E-state index in [2.05, 4.69) is 10.1 Å². The van der Waals surface area contributed by atoms with E-state index in [-0.39, 0.29) is 17.4 Å². The quantitative estimate of drug-likeness (QED) is 0.910. The van der Waals surface area contributed by atoms with E-state index in [0.29, 0.717) is 0 Å². The molecule has 0 saturated heterocycles. The minimum atomic E-state index is -2.97. The fourth-order valence-corrected chi connectivity index (χ4v) is 1.95. The maximum absolute atomic E-state index is 12.3. The lowest BCUT2D eigenvalue weighted by Crippen LogP contribution is -2.27. The Labute approximate surface area is 121 Å². The smallest absolute Gasteiger partial charge is 0.387 e. The van der Waals surface area contributed by atoms with Crippen molar-refractivity contribution in [1.82, 2.24) is 5.32 Å². The summed E-state index contributed by atoms with van der Waals surface area (Å²) in [6.07, 6.45) is 0. The monoisotopic (exact) mass is 291 g/mol. The molecule has 0 radical (unpaired) electrons. The fraction of sp³-hybridized carbons (Fsp3) is 0.188. The summed E-state index contributed by atoms with van der Waals surface area (Å²) in [6.45, 7) is -1.14. The van der Waals surface area contributed by atoms with Crippen LogP contribution in [0, 0.1) is 0 Å². The first-order valence-electron chi connectivity index (χ1n) is 6.47. The number of ether oxygens (including phenoxy) is 1. The van der Waals surface area contributed by atoms with Crippen molar-refractivity contribution in [3.63, 3.8) is 0 Å². The number of amides is 1. The first kappa shape index (κ1) is 15.0. The highest BCUT2D eigenvalue weighted by molar-refractivity contribution is 5.97. The summed E-state index contributed by atoms with van der Waals surface area (Å²) in [4.78, 5) is 12.2. The third kappa shape index (κ3) is 4.02. The number of halogens is 2. The zero-order valence-electron chi connectivity index (χ0n) is 11.4. The molecule has 110 valence electrons. The largest absolute Gasteiger partial charge is 0.434 e. The average Bonchev–Trinajstić information content (AvgIpc) is 2.48. The summed E-state index contributed by atoms with van der Waals surface area (Å²) >= 11 is 0. The Morgan fingerprint density at radius 1 is 1.05 bits per heavy atom. The van der Waals surface area contributed by atoms with Gasteiger partial charge >= 0.3 is 6.61 Å². The SMILES string of the molecule is CC(NC(=O)c1ccccc1OC(F)F)c1ccccc1. The zero-order chi connectivity index (χ0) is 15.2. The standard InChI is InChI=1S/C16H15F2NO2/c1-11(12-7-3-2-4-8-12)19-15(20)13-9-5-6-10-14(13)21-16(17)18/h2-11,16H,1H3,(H,19,20). The lowest BCUT2D eigenvalue weighted by Gasteiger charge is -2.16. The summed E-state index contributed by atoms with van der Waals surface area (Å²) in [6, 6.07) is 15.1. The van der Waals surface area contributed by atoms with E-state index >= 15 is 0 Å². The summed E-state index contributed by atoms with van der Waals surface area (Å²) in [5, 5.41) is 2.76. The molecule has 1 unspecified atom stereocenters. The second-order valence-corrected chi connectivity index (χ2v) is 4.48. The summed E-state index contributed by atoms with van der Waals surface area (Å²) in [7, 11) is 0. The molecule has 21 heavy (non-hydrogen) atoms. The van der Waals surface area contributed by atoms with Crippen molar-refractivity contribution < 1.29 is 18.3 Å². The number of benzene rings is 2. The van der Waals surface area contributed by atoms with Crippen molar-refractivity contribution in [1.29, 1.82) is 0 Å². The van der Waals surface area contributed by atoms with Crippen molar-refractivity contribution in [2.45, 2.75) is 19.6 Å². The number of alkyl halides is 2. The van der Waals surface area contributed by atoms with Crippen LogP contribution in [-0.4, -0.2) is 12.5 Å². The molecule has 1 atom stereocenters. The fourth-order valence-electron chi connectivity index (χ4n) is 1.95. The number of hydrogen-bond acceptors (Lipinski definition) is 2. The molecule has 2 aromatic carbocycles. The van der Waals surface area contributed by atoms with Crippen LogP contribution in [0.2, 0.25) is 0 Å². The second-order valence-electron chi connectivity index (χ2n) is 4.48. The molecule has 0 spiro atoms. The molecule has 5 heteroatoms. The van der Waals surface area contributed by atoms with Gasteiger partial charge in [0.15, 0.2) is 0 Å². The Balaban J connectivity index is 2.14. The molecule has 0 heterocycles. The summed E-state index contributed by atoms with van der Waals surface area (Å²) in [5.41, 5.74) is 1.01. The lowest BCUT2D eigenvalue weighted by atomic mass is 10.1. The number of nitrogens with one attached hydrogen (secondary N) is 1. The molecule has 2 rings (SSSR count). The highest BCUT2D eigenvalue weighted by Gasteiger charge is 2.17. The first-order chi connectivity index (χ1) is 10.1. The third-order valence-corrected chi connectivity index (χ3v) is 2.99. The topological polar surface area (TPSA) is 38.3 Å².